The second-order valence-corrected chi connectivity index (χ2v) is 7.49. The molecule has 0 bridgehead atoms. The lowest BCUT2D eigenvalue weighted by atomic mass is 9.97. The summed E-state index contributed by atoms with van der Waals surface area (Å²) in [5.74, 6) is -0.309. The second-order valence-electron chi connectivity index (χ2n) is 7.49. The molecule has 3 heterocycles. The van der Waals surface area contributed by atoms with E-state index in [0.29, 0.717) is 5.82 Å². The Morgan fingerprint density at radius 1 is 1.16 bits per heavy atom. The van der Waals surface area contributed by atoms with E-state index in [4.69, 9.17) is 4.79 Å². The van der Waals surface area contributed by atoms with E-state index in [2.05, 4.69) is 38.9 Å². The predicted molar refractivity (Wildman–Crippen MR) is 123 cm³/mol. The van der Waals surface area contributed by atoms with E-state index >= 15 is 0 Å². The lowest BCUT2D eigenvalue weighted by Gasteiger charge is -2.31. The number of carboxylic acid groups (broad SMARTS) is 1. The lowest BCUT2D eigenvalue weighted by molar-refractivity contribution is -0.106. The van der Waals surface area contributed by atoms with E-state index in [1.807, 2.05) is 43.7 Å². The van der Waals surface area contributed by atoms with Crippen LogP contribution >= 0.6 is 0 Å². The minimum Gasteiger partial charge on any atom is -0.477 e. The fourth-order valence-corrected chi connectivity index (χ4v) is 4.06. The molecule has 0 radical (unpaired) electrons. The highest BCUT2D eigenvalue weighted by molar-refractivity contribution is 5.99. The molecule has 0 saturated carbocycles. The number of pyridine rings is 1. The van der Waals surface area contributed by atoms with Gasteiger partial charge in [-0.3, -0.25) is 9.48 Å². The maximum Gasteiger partial charge on any atom is 0.354 e. The van der Waals surface area contributed by atoms with Gasteiger partial charge in [0, 0.05) is 36.4 Å². The summed E-state index contributed by atoms with van der Waals surface area (Å²) in [5, 5.41) is 15.6. The van der Waals surface area contributed by atoms with Crippen molar-refractivity contribution in [3.8, 4) is 11.1 Å². The molecule has 0 fully saturated rings. The summed E-state index contributed by atoms with van der Waals surface area (Å²) in [5.41, 5.74) is 8.78. The molecule has 2 aromatic heterocycles. The third-order valence-electron chi connectivity index (χ3n) is 5.43. The number of carbonyl (C=O) groups is 2. The van der Waals surface area contributed by atoms with E-state index in [0.717, 1.165) is 47.0 Å². The molecule has 0 aliphatic carbocycles. The maximum absolute atomic E-state index is 11.6. The molecule has 0 saturated heterocycles. The van der Waals surface area contributed by atoms with Gasteiger partial charge >= 0.3 is 5.97 Å². The first-order valence-corrected chi connectivity index (χ1v) is 10.2. The number of anilines is 2. The van der Waals surface area contributed by atoms with Crippen molar-refractivity contribution in [2.75, 3.05) is 11.4 Å². The minimum absolute atomic E-state index is 0.0674. The molecule has 1 aliphatic rings. The van der Waals surface area contributed by atoms with Gasteiger partial charge in [0.05, 0.1) is 6.20 Å². The SMILES string of the molecule is Cn1cc(-c2ccc3c(c2)CCCN3c2nc(C(=O)O)cc3ccccc23)cn1.NC=O. The number of aromatic carboxylic acids is 1. The average Bonchev–Trinajstić information content (AvgIpc) is 3.24. The Bertz CT molecular complexity index is 1300. The van der Waals surface area contributed by atoms with Crippen molar-refractivity contribution in [3.05, 3.63) is 72.2 Å². The molecule has 0 atom stereocenters. The van der Waals surface area contributed by atoms with E-state index < -0.39 is 5.97 Å². The molecule has 1 amide bonds. The van der Waals surface area contributed by atoms with E-state index in [1.165, 1.54) is 5.56 Å². The van der Waals surface area contributed by atoms with Crippen LogP contribution in [0, 0.1) is 0 Å². The fourth-order valence-electron chi connectivity index (χ4n) is 4.06. The largest absolute Gasteiger partial charge is 0.477 e. The zero-order valence-electron chi connectivity index (χ0n) is 17.6. The minimum atomic E-state index is -1.01. The van der Waals surface area contributed by atoms with Crippen LogP contribution in [0.5, 0.6) is 0 Å². The number of fused-ring (bicyclic) bond motifs is 2. The zero-order chi connectivity index (χ0) is 22.7. The third kappa shape index (κ3) is 4.02. The van der Waals surface area contributed by atoms with Gasteiger partial charge in [-0.2, -0.15) is 5.10 Å². The van der Waals surface area contributed by atoms with Gasteiger partial charge in [-0.15, -0.1) is 0 Å². The highest BCUT2D eigenvalue weighted by atomic mass is 16.4. The molecular formula is C24H23N5O3. The van der Waals surface area contributed by atoms with E-state index in [-0.39, 0.29) is 12.1 Å². The number of hydrogen-bond donors (Lipinski definition) is 2. The Morgan fingerprint density at radius 2 is 1.94 bits per heavy atom. The molecule has 4 aromatic rings. The highest BCUT2D eigenvalue weighted by Crippen LogP contribution is 2.38. The molecule has 0 unspecified atom stereocenters. The van der Waals surface area contributed by atoms with E-state index in [1.54, 1.807) is 10.7 Å². The number of primary amides is 1. The standard InChI is InChI=1S/C23H20N4O2.CH3NO/c1-26-14-18(13-24-26)15-8-9-21-17(11-15)6-4-10-27(21)22-19-7-3-2-5-16(19)12-20(25-22)23(28)29;2-1-3/h2-3,5,7-9,11-14H,4,6,10H2,1H3,(H,28,29);1H,(H2,2,3). The average molecular weight is 429 g/mol. The van der Waals surface area contributed by atoms with Gasteiger partial charge in [-0.25, -0.2) is 9.78 Å². The smallest absolute Gasteiger partial charge is 0.354 e. The summed E-state index contributed by atoms with van der Waals surface area (Å²) >= 11 is 0. The zero-order valence-corrected chi connectivity index (χ0v) is 17.6. The quantitative estimate of drug-likeness (QED) is 0.482. The third-order valence-corrected chi connectivity index (χ3v) is 5.43. The number of benzene rings is 2. The number of rotatable bonds is 3. The molecule has 1 aliphatic heterocycles. The second kappa shape index (κ2) is 8.89. The molecular weight excluding hydrogens is 406 g/mol. The molecule has 5 rings (SSSR count). The van der Waals surface area contributed by atoms with Gasteiger partial charge < -0.3 is 15.7 Å². The Hall–Kier alpha value is -4.20. The van der Waals surface area contributed by atoms with Crippen molar-refractivity contribution in [1.82, 2.24) is 14.8 Å². The van der Waals surface area contributed by atoms with Gasteiger partial charge in [0.2, 0.25) is 6.41 Å². The first-order valence-electron chi connectivity index (χ1n) is 10.2. The molecule has 8 heteroatoms. The van der Waals surface area contributed by atoms with E-state index in [9.17, 15) is 9.90 Å². The van der Waals surface area contributed by atoms with Gasteiger partial charge in [-0.05, 0) is 47.6 Å². The molecule has 8 nitrogen and oxygen atoms in total. The van der Waals surface area contributed by atoms with Crippen LogP contribution in [0.15, 0.2) is 60.9 Å². The van der Waals surface area contributed by atoms with Crippen LogP contribution in [0.2, 0.25) is 0 Å². The summed E-state index contributed by atoms with van der Waals surface area (Å²) in [6, 6.07) is 15.9. The Balaban J connectivity index is 0.000000775. The molecule has 162 valence electrons. The Kier molecular flexibility index (Phi) is 5.85. The number of aryl methyl sites for hydroxylation is 2. The van der Waals surface area contributed by atoms with Gasteiger partial charge in [0.15, 0.2) is 5.69 Å². The van der Waals surface area contributed by atoms with Crippen LogP contribution in [0.25, 0.3) is 21.9 Å². The Morgan fingerprint density at radius 3 is 2.66 bits per heavy atom. The summed E-state index contributed by atoms with van der Waals surface area (Å²) in [7, 11) is 1.91. The van der Waals surface area contributed by atoms with Crippen molar-refractivity contribution in [1.29, 1.82) is 0 Å². The van der Waals surface area contributed by atoms with Gasteiger partial charge in [0.1, 0.15) is 5.82 Å². The molecule has 3 N–H and O–H groups in total. The maximum atomic E-state index is 11.6. The molecule has 0 spiro atoms. The van der Waals surface area contributed by atoms with Crippen LogP contribution in [-0.4, -0.2) is 38.8 Å². The first-order chi connectivity index (χ1) is 15.5. The summed E-state index contributed by atoms with van der Waals surface area (Å²) < 4.78 is 1.80. The number of aromatic nitrogens is 3. The van der Waals surface area contributed by atoms with Crippen LogP contribution < -0.4 is 10.6 Å². The lowest BCUT2D eigenvalue weighted by Crippen LogP contribution is -2.26. The Labute approximate surface area is 184 Å². The fraction of sp³-hybridized carbons (Fsp3) is 0.167. The normalized spacial score (nSPS) is 12.6. The predicted octanol–water partition coefficient (Wildman–Crippen LogP) is 3.52. The summed E-state index contributed by atoms with van der Waals surface area (Å²) in [6.45, 7) is 0.805. The van der Waals surface area contributed by atoms with Crippen LogP contribution in [0.3, 0.4) is 0 Å². The highest BCUT2D eigenvalue weighted by Gasteiger charge is 2.23. The monoisotopic (exact) mass is 429 g/mol. The molecule has 32 heavy (non-hydrogen) atoms. The summed E-state index contributed by atoms with van der Waals surface area (Å²) in [4.78, 5) is 26.9. The number of nitrogens with two attached hydrogens (primary N) is 1. The van der Waals surface area contributed by atoms with Crippen LogP contribution in [0.1, 0.15) is 22.5 Å². The number of nitrogens with zero attached hydrogens (tertiary/aromatic N) is 4. The topological polar surface area (TPSA) is 114 Å². The van der Waals surface area contributed by atoms with Crippen molar-refractivity contribution in [3.63, 3.8) is 0 Å². The van der Waals surface area contributed by atoms with Gasteiger partial charge in [-0.1, -0.05) is 30.3 Å². The molecule has 2 aromatic carbocycles. The van der Waals surface area contributed by atoms with Crippen LogP contribution in [-0.2, 0) is 18.3 Å². The summed E-state index contributed by atoms with van der Waals surface area (Å²) in [6.07, 6.45) is 6.09. The first kappa shape index (κ1) is 21.0. The number of hydrogen-bond acceptors (Lipinski definition) is 5. The van der Waals surface area contributed by atoms with Crippen LogP contribution in [0.4, 0.5) is 11.5 Å². The van der Waals surface area contributed by atoms with Crippen molar-refractivity contribution < 1.29 is 14.7 Å². The van der Waals surface area contributed by atoms with Crippen molar-refractivity contribution >= 4 is 34.7 Å². The van der Waals surface area contributed by atoms with Crippen molar-refractivity contribution in [2.45, 2.75) is 12.8 Å². The number of carbonyl (C=O) groups excluding carboxylic acids is 1. The number of amides is 1. The number of carboxylic acids is 1. The van der Waals surface area contributed by atoms with Crippen molar-refractivity contribution in [2.24, 2.45) is 12.8 Å². The van der Waals surface area contributed by atoms with Gasteiger partial charge in [0.25, 0.3) is 0 Å².